The van der Waals surface area contributed by atoms with E-state index in [1.807, 2.05) is 0 Å². The highest BCUT2D eigenvalue weighted by atomic mass is 79.9. The van der Waals surface area contributed by atoms with Crippen LogP contribution in [0.1, 0.15) is 25.7 Å². The Bertz CT molecular complexity index is 593. The highest BCUT2D eigenvalue weighted by molar-refractivity contribution is 9.10. The molecule has 0 amide bonds. The Labute approximate surface area is 135 Å². The van der Waals surface area contributed by atoms with Gasteiger partial charge in [-0.2, -0.15) is 0 Å². The van der Waals surface area contributed by atoms with Gasteiger partial charge in [0.05, 0.1) is 30.7 Å². The standard InChI is InChI=1S/C18H22BrNO/c19-18-16-8-3-2-7-15(16)9-10-17(18)21-14-6-13-20-11-4-1-5-12-20/h2-3,7-10H,1,4-6,11-14H2/p+1. The molecule has 0 spiro atoms. The van der Waals surface area contributed by atoms with E-state index in [4.69, 9.17) is 4.74 Å². The third-order valence-electron chi connectivity index (χ3n) is 4.32. The second-order valence-corrected chi connectivity index (χ2v) is 6.65. The molecule has 0 bridgehead atoms. The molecule has 0 atom stereocenters. The minimum atomic E-state index is 0.806. The quantitative estimate of drug-likeness (QED) is 0.817. The molecule has 3 heteroatoms. The average Bonchev–Trinajstić information content (AvgIpc) is 2.55. The Kier molecular flexibility index (Phi) is 5.15. The zero-order valence-corrected chi connectivity index (χ0v) is 14.0. The van der Waals surface area contributed by atoms with Crippen LogP contribution in [0.3, 0.4) is 0 Å². The van der Waals surface area contributed by atoms with Gasteiger partial charge in [-0.3, -0.25) is 0 Å². The second kappa shape index (κ2) is 7.28. The summed E-state index contributed by atoms with van der Waals surface area (Å²) in [7, 11) is 0. The summed E-state index contributed by atoms with van der Waals surface area (Å²) in [6.45, 7) is 4.74. The molecule has 0 radical (unpaired) electrons. The molecule has 21 heavy (non-hydrogen) atoms. The number of ether oxygens (including phenoxy) is 1. The molecule has 2 aromatic carbocycles. The van der Waals surface area contributed by atoms with Crippen molar-refractivity contribution in [3.05, 3.63) is 40.9 Å². The molecule has 1 N–H and O–H groups in total. The number of nitrogens with one attached hydrogen (secondary N) is 1. The average molecular weight is 349 g/mol. The summed E-state index contributed by atoms with van der Waals surface area (Å²) in [6, 6.07) is 12.6. The SMILES string of the molecule is Brc1c(OCCC[NH+]2CCCCC2)ccc2ccccc12. The molecule has 0 saturated carbocycles. The van der Waals surface area contributed by atoms with Gasteiger partial charge in [0.1, 0.15) is 5.75 Å². The van der Waals surface area contributed by atoms with Crippen LogP contribution in [0.25, 0.3) is 10.8 Å². The number of hydrogen-bond acceptors (Lipinski definition) is 1. The number of likely N-dealkylation sites (tertiary alicyclic amines) is 1. The normalized spacial score (nSPS) is 16.2. The number of quaternary nitrogens is 1. The zero-order valence-electron chi connectivity index (χ0n) is 12.4. The Hall–Kier alpha value is -1.06. The third kappa shape index (κ3) is 3.78. The highest BCUT2D eigenvalue weighted by Crippen LogP contribution is 2.32. The molecule has 1 heterocycles. The monoisotopic (exact) mass is 348 g/mol. The van der Waals surface area contributed by atoms with Gasteiger partial charge >= 0.3 is 0 Å². The number of hydrogen-bond donors (Lipinski definition) is 1. The van der Waals surface area contributed by atoms with Crippen molar-refractivity contribution < 1.29 is 9.64 Å². The summed E-state index contributed by atoms with van der Waals surface area (Å²) in [6.07, 6.45) is 5.34. The summed E-state index contributed by atoms with van der Waals surface area (Å²) in [4.78, 5) is 1.75. The predicted molar refractivity (Wildman–Crippen MR) is 91.2 cm³/mol. The van der Waals surface area contributed by atoms with E-state index in [1.54, 1.807) is 4.90 Å². The second-order valence-electron chi connectivity index (χ2n) is 5.86. The number of fused-ring (bicyclic) bond motifs is 1. The number of benzene rings is 2. The van der Waals surface area contributed by atoms with Crippen LogP contribution in [0.2, 0.25) is 0 Å². The van der Waals surface area contributed by atoms with Gasteiger partial charge in [-0.05, 0) is 52.0 Å². The van der Waals surface area contributed by atoms with Gasteiger partial charge in [-0.15, -0.1) is 0 Å². The first kappa shape index (κ1) is 14.9. The molecule has 1 saturated heterocycles. The van der Waals surface area contributed by atoms with E-state index >= 15 is 0 Å². The van der Waals surface area contributed by atoms with Gasteiger partial charge in [0.15, 0.2) is 0 Å². The fourth-order valence-corrected chi connectivity index (χ4v) is 3.74. The van der Waals surface area contributed by atoms with E-state index in [1.165, 1.54) is 49.7 Å². The molecule has 1 aliphatic heterocycles. The minimum absolute atomic E-state index is 0.806. The van der Waals surface area contributed by atoms with E-state index in [2.05, 4.69) is 52.3 Å². The Morgan fingerprint density at radius 1 is 1.00 bits per heavy atom. The van der Waals surface area contributed by atoms with Gasteiger partial charge in [-0.25, -0.2) is 0 Å². The van der Waals surface area contributed by atoms with Crippen molar-refractivity contribution in [3.63, 3.8) is 0 Å². The van der Waals surface area contributed by atoms with E-state index in [-0.39, 0.29) is 0 Å². The van der Waals surface area contributed by atoms with Gasteiger partial charge in [0.25, 0.3) is 0 Å². The van der Waals surface area contributed by atoms with Crippen LogP contribution >= 0.6 is 15.9 Å². The lowest BCUT2D eigenvalue weighted by Crippen LogP contribution is -3.12. The maximum absolute atomic E-state index is 5.98. The topological polar surface area (TPSA) is 13.7 Å². The number of halogens is 1. The van der Waals surface area contributed by atoms with Gasteiger partial charge in [0.2, 0.25) is 0 Å². The maximum atomic E-state index is 5.98. The first-order valence-electron chi connectivity index (χ1n) is 7.98. The number of piperidine rings is 1. The van der Waals surface area contributed by atoms with Crippen molar-refractivity contribution in [2.75, 3.05) is 26.2 Å². The molecule has 2 aromatic rings. The van der Waals surface area contributed by atoms with Crippen LogP contribution < -0.4 is 9.64 Å². The molecule has 0 aromatic heterocycles. The van der Waals surface area contributed by atoms with E-state index in [0.717, 1.165) is 23.2 Å². The Morgan fingerprint density at radius 2 is 1.81 bits per heavy atom. The molecule has 1 fully saturated rings. The van der Waals surface area contributed by atoms with Gasteiger partial charge in [0, 0.05) is 6.42 Å². The van der Waals surface area contributed by atoms with Crippen LogP contribution in [0.5, 0.6) is 5.75 Å². The van der Waals surface area contributed by atoms with Crippen molar-refractivity contribution in [1.82, 2.24) is 0 Å². The smallest absolute Gasteiger partial charge is 0.134 e. The zero-order chi connectivity index (χ0) is 14.5. The van der Waals surface area contributed by atoms with Crippen molar-refractivity contribution in [2.24, 2.45) is 0 Å². The van der Waals surface area contributed by atoms with Crippen LogP contribution in [-0.2, 0) is 0 Å². The van der Waals surface area contributed by atoms with E-state index < -0.39 is 0 Å². The van der Waals surface area contributed by atoms with Crippen LogP contribution in [0.15, 0.2) is 40.9 Å². The molecular formula is C18H23BrNO+. The van der Waals surface area contributed by atoms with Crippen molar-refractivity contribution >= 4 is 26.7 Å². The van der Waals surface area contributed by atoms with Crippen LogP contribution in [0.4, 0.5) is 0 Å². The van der Waals surface area contributed by atoms with Gasteiger partial charge in [-0.1, -0.05) is 30.3 Å². The molecule has 3 rings (SSSR count). The minimum Gasteiger partial charge on any atom is -0.492 e. The lowest BCUT2D eigenvalue weighted by atomic mass is 10.1. The molecule has 0 aliphatic carbocycles. The maximum Gasteiger partial charge on any atom is 0.134 e. The van der Waals surface area contributed by atoms with Crippen molar-refractivity contribution in [1.29, 1.82) is 0 Å². The van der Waals surface area contributed by atoms with E-state index in [0.29, 0.717) is 0 Å². The fourth-order valence-electron chi connectivity index (χ4n) is 3.13. The van der Waals surface area contributed by atoms with Crippen molar-refractivity contribution in [3.8, 4) is 5.75 Å². The first-order chi connectivity index (χ1) is 10.3. The highest BCUT2D eigenvalue weighted by Gasteiger charge is 2.13. The summed E-state index contributed by atoms with van der Waals surface area (Å²) >= 11 is 3.68. The predicted octanol–water partition coefficient (Wildman–Crippen LogP) is 3.44. The van der Waals surface area contributed by atoms with Gasteiger partial charge < -0.3 is 9.64 Å². The molecule has 2 nitrogen and oxygen atoms in total. The van der Waals surface area contributed by atoms with Crippen molar-refractivity contribution in [2.45, 2.75) is 25.7 Å². The lowest BCUT2D eigenvalue weighted by molar-refractivity contribution is -0.905. The third-order valence-corrected chi connectivity index (χ3v) is 5.14. The molecule has 1 aliphatic rings. The largest absolute Gasteiger partial charge is 0.492 e. The first-order valence-corrected chi connectivity index (χ1v) is 8.77. The fraction of sp³-hybridized carbons (Fsp3) is 0.444. The van der Waals surface area contributed by atoms with E-state index in [9.17, 15) is 0 Å². The summed E-state index contributed by atoms with van der Waals surface area (Å²) < 4.78 is 7.05. The lowest BCUT2D eigenvalue weighted by Gasteiger charge is -2.23. The summed E-state index contributed by atoms with van der Waals surface area (Å²) in [5.41, 5.74) is 0. The summed E-state index contributed by atoms with van der Waals surface area (Å²) in [5, 5.41) is 2.46. The molecule has 0 unspecified atom stereocenters. The molecule has 112 valence electrons. The van der Waals surface area contributed by atoms with Crippen LogP contribution in [-0.4, -0.2) is 26.2 Å². The number of rotatable bonds is 5. The molecular weight excluding hydrogens is 326 g/mol. The van der Waals surface area contributed by atoms with Crippen LogP contribution in [0, 0.1) is 0 Å². The Morgan fingerprint density at radius 3 is 2.67 bits per heavy atom. The summed E-state index contributed by atoms with van der Waals surface area (Å²) in [5.74, 6) is 0.961. The Balaban J connectivity index is 1.54.